The van der Waals surface area contributed by atoms with Crippen molar-refractivity contribution in [3.63, 3.8) is 0 Å². The summed E-state index contributed by atoms with van der Waals surface area (Å²) < 4.78 is 32.6. The Kier molecular flexibility index (Phi) is 34.6. The number of unbranched alkanes of at least 4 members (excludes halogenated alkanes) is 22. The highest BCUT2D eigenvalue weighted by atomic mass is 31.2. The van der Waals surface area contributed by atoms with Crippen molar-refractivity contribution in [2.24, 2.45) is 5.73 Å². The molecule has 48 heavy (non-hydrogen) atoms. The summed E-state index contributed by atoms with van der Waals surface area (Å²) in [5, 5.41) is 0. The molecule has 284 valence electrons. The number of carbonyl (C=O) groups excluding carboxylic acids is 2. The van der Waals surface area contributed by atoms with Gasteiger partial charge in [0.2, 0.25) is 0 Å². The predicted molar refractivity (Wildman–Crippen MR) is 197 cm³/mol. The Bertz CT molecular complexity index is 810. The van der Waals surface area contributed by atoms with Crippen LogP contribution in [0.4, 0.5) is 0 Å². The molecule has 0 aromatic rings. The summed E-state index contributed by atoms with van der Waals surface area (Å²) in [4.78, 5) is 34.7. The van der Waals surface area contributed by atoms with Gasteiger partial charge in [0.25, 0.3) is 0 Å². The summed E-state index contributed by atoms with van der Waals surface area (Å²) in [6.07, 6.45) is 33.8. The van der Waals surface area contributed by atoms with Crippen LogP contribution in [0.3, 0.4) is 0 Å². The summed E-state index contributed by atoms with van der Waals surface area (Å²) >= 11 is 0. The van der Waals surface area contributed by atoms with Crippen LogP contribution in [-0.2, 0) is 32.7 Å². The first-order valence-electron chi connectivity index (χ1n) is 19.7. The molecule has 0 aromatic carbocycles. The van der Waals surface area contributed by atoms with Crippen molar-refractivity contribution in [3.8, 4) is 0 Å². The number of nitrogens with two attached hydrogens (primary N) is 1. The van der Waals surface area contributed by atoms with Gasteiger partial charge in [-0.1, -0.05) is 148 Å². The number of hydrogen-bond donors (Lipinski definition) is 2. The van der Waals surface area contributed by atoms with Crippen molar-refractivity contribution < 1.29 is 37.6 Å². The quantitative estimate of drug-likeness (QED) is 0.0280. The summed E-state index contributed by atoms with van der Waals surface area (Å²) in [6, 6.07) is 0. The molecule has 0 amide bonds. The van der Waals surface area contributed by atoms with E-state index in [0.29, 0.717) is 6.42 Å². The maximum atomic E-state index is 12.5. The van der Waals surface area contributed by atoms with E-state index in [1.54, 1.807) is 0 Å². The first-order chi connectivity index (χ1) is 23.3. The first kappa shape index (κ1) is 46.8. The number of hydrogen-bond acceptors (Lipinski definition) is 8. The van der Waals surface area contributed by atoms with Gasteiger partial charge in [-0.3, -0.25) is 18.6 Å². The molecular formula is C38H74NO8P. The van der Waals surface area contributed by atoms with Crippen molar-refractivity contribution in [1.29, 1.82) is 0 Å². The van der Waals surface area contributed by atoms with E-state index >= 15 is 0 Å². The molecule has 2 atom stereocenters. The van der Waals surface area contributed by atoms with Gasteiger partial charge in [-0.15, -0.1) is 0 Å². The molecule has 9 nitrogen and oxygen atoms in total. The number of esters is 2. The number of phosphoric acid groups is 1. The molecule has 0 aliphatic heterocycles. The average molecular weight is 704 g/mol. The van der Waals surface area contributed by atoms with Gasteiger partial charge in [0.15, 0.2) is 6.10 Å². The van der Waals surface area contributed by atoms with Gasteiger partial charge >= 0.3 is 19.8 Å². The minimum Gasteiger partial charge on any atom is -0.462 e. The Morgan fingerprint density at radius 2 is 1.02 bits per heavy atom. The summed E-state index contributed by atoms with van der Waals surface area (Å²) in [6.45, 7) is 3.72. The molecule has 0 aliphatic rings. The molecule has 0 spiro atoms. The zero-order valence-corrected chi connectivity index (χ0v) is 31.9. The molecule has 2 unspecified atom stereocenters. The molecule has 0 saturated heterocycles. The summed E-state index contributed by atoms with van der Waals surface area (Å²) in [5.41, 5.74) is 5.33. The van der Waals surface area contributed by atoms with Crippen LogP contribution in [0.2, 0.25) is 0 Å². The predicted octanol–water partition coefficient (Wildman–Crippen LogP) is 10.7. The molecule has 3 N–H and O–H groups in total. The molecular weight excluding hydrogens is 629 g/mol. The summed E-state index contributed by atoms with van der Waals surface area (Å²) in [5.74, 6) is -0.833. The van der Waals surface area contributed by atoms with Gasteiger partial charge in [-0.2, -0.15) is 0 Å². The van der Waals surface area contributed by atoms with Gasteiger partial charge in [0, 0.05) is 19.4 Å². The standard InChI is InChI=1S/C38H74NO8P/c1-3-5-7-9-11-13-15-17-18-19-21-23-25-27-29-31-38(41)47-36(35-46-48(42,43)45-33-32-39)34-44-37(40)30-28-26-24-22-20-16-14-12-10-8-6-4-2/h17-18,36H,3-16,19-35,39H2,1-2H3,(H,42,43). The molecule has 0 saturated carbocycles. The van der Waals surface area contributed by atoms with E-state index in [4.69, 9.17) is 24.3 Å². The molecule has 10 heteroatoms. The fourth-order valence-electron chi connectivity index (χ4n) is 5.45. The van der Waals surface area contributed by atoms with Gasteiger partial charge in [-0.05, 0) is 38.5 Å². The normalized spacial score (nSPS) is 13.5. The first-order valence-corrected chi connectivity index (χ1v) is 21.2. The van der Waals surface area contributed by atoms with E-state index in [9.17, 15) is 19.0 Å². The van der Waals surface area contributed by atoms with E-state index in [2.05, 4.69) is 26.0 Å². The van der Waals surface area contributed by atoms with Crippen LogP contribution in [0.15, 0.2) is 12.2 Å². The molecule has 0 aliphatic carbocycles. The van der Waals surface area contributed by atoms with E-state index in [0.717, 1.165) is 51.4 Å². The highest BCUT2D eigenvalue weighted by Gasteiger charge is 2.25. The molecule has 0 rings (SSSR count). The van der Waals surface area contributed by atoms with Crippen LogP contribution in [0.25, 0.3) is 0 Å². The largest absolute Gasteiger partial charge is 0.472 e. The fourth-order valence-corrected chi connectivity index (χ4v) is 6.22. The highest BCUT2D eigenvalue weighted by Crippen LogP contribution is 2.43. The second-order valence-electron chi connectivity index (χ2n) is 13.2. The second kappa shape index (κ2) is 35.6. The third-order valence-electron chi connectivity index (χ3n) is 8.40. The number of allylic oxidation sites excluding steroid dienone is 2. The molecule has 0 aromatic heterocycles. The monoisotopic (exact) mass is 704 g/mol. The number of rotatable bonds is 37. The minimum absolute atomic E-state index is 0.0546. The van der Waals surface area contributed by atoms with Crippen molar-refractivity contribution in [1.82, 2.24) is 0 Å². The van der Waals surface area contributed by atoms with Crippen molar-refractivity contribution in [2.45, 2.75) is 193 Å². The highest BCUT2D eigenvalue weighted by molar-refractivity contribution is 7.47. The molecule has 0 radical (unpaired) electrons. The lowest BCUT2D eigenvalue weighted by atomic mass is 10.0. The van der Waals surface area contributed by atoms with Crippen LogP contribution < -0.4 is 5.73 Å². The third kappa shape index (κ3) is 34.6. The Balaban J connectivity index is 4.20. The van der Waals surface area contributed by atoms with Crippen molar-refractivity contribution >= 4 is 19.8 Å². The zero-order chi connectivity index (χ0) is 35.4. The van der Waals surface area contributed by atoms with E-state index in [1.807, 2.05) is 0 Å². The van der Waals surface area contributed by atoms with E-state index in [1.165, 1.54) is 103 Å². The number of phosphoric ester groups is 1. The Labute approximate surface area is 294 Å². The Hall–Kier alpha value is -1.25. The third-order valence-corrected chi connectivity index (χ3v) is 9.39. The Morgan fingerprint density at radius 1 is 0.604 bits per heavy atom. The van der Waals surface area contributed by atoms with Crippen LogP contribution in [0.1, 0.15) is 187 Å². The fraction of sp³-hybridized carbons (Fsp3) is 0.895. The molecule has 0 heterocycles. The van der Waals surface area contributed by atoms with Crippen molar-refractivity contribution in [3.05, 3.63) is 12.2 Å². The zero-order valence-electron chi connectivity index (χ0n) is 31.0. The van der Waals surface area contributed by atoms with E-state index < -0.39 is 26.5 Å². The van der Waals surface area contributed by atoms with Crippen LogP contribution >= 0.6 is 7.82 Å². The lowest BCUT2D eigenvalue weighted by Gasteiger charge is -2.19. The van der Waals surface area contributed by atoms with Gasteiger partial charge < -0.3 is 20.1 Å². The van der Waals surface area contributed by atoms with Crippen LogP contribution in [-0.4, -0.2) is 49.3 Å². The topological polar surface area (TPSA) is 134 Å². The van der Waals surface area contributed by atoms with Gasteiger partial charge in [0.05, 0.1) is 13.2 Å². The summed E-state index contributed by atoms with van der Waals surface area (Å²) in [7, 11) is -4.37. The maximum Gasteiger partial charge on any atom is 0.472 e. The average Bonchev–Trinajstić information content (AvgIpc) is 3.07. The number of carbonyl (C=O) groups is 2. The number of ether oxygens (including phenoxy) is 2. The van der Waals surface area contributed by atoms with E-state index in [-0.39, 0.29) is 38.6 Å². The van der Waals surface area contributed by atoms with Gasteiger partial charge in [0.1, 0.15) is 6.61 Å². The lowest BCUT2D eigenvalue weighted by Crippen LogP contribution is -2.29. The lowest BCUT2D eigenvalue weighted by molar-refractivity contribution is -0.161. The van der Waals surface area contributed by atoms with Crippen LogP contribution in [0.5, 0.6) is 0 Å². The van der Waals surface area contributed by atoms with Crippen molar-refractivity contribution in [2.75, 3.05) is 26.4 Å². The molecule has 0 bridgehead atoms. The smallest absolute Gasteiger partial charge is 0.462 e. The Morgan fingerprint density at radius 3 is 1.48 bits per heavy atom. The van der Waals surface area contributed by atoms with Crippen LogP contribution in [0, 0.1) is 0 Å². The maximum absolute atomic E-state index is 12.5. The second-order valence-corrected chi connectivity index (χ2v) is 14.6. The SMILES string of the molecule is CCCCCCCCC=CCCCCCCCC(=O)OC(COC(=O)CCCCCCCCCCCCCC)COP(=O)(O)OCCN. The molecule has 0 fully saturated rings. The minimum atomic E-state index is -4.37. The van der Waals surface area contributed by atoms with Gasteiger partial charge in [-0.25, -0.2) is 4.57 Å².